The lowest BCUT2D eigenvalue weighted by molar-refractivity contribution is 0.0521. The van der Waals surface area contributed by atoms with Crippen molar-refractivity contribution in [3.63, 3.8) is 0 Å². The molecule has 2 heterocycles. The summed E-state index contributed by atoms with van der Waals surface area (Å²) in [5.41, 5.74) is 0.937. The minimum absolute atomic E-state index is 0.168. The number of β-amino-alcohol motifs (C(OH)–C–C–N with tert-alkyl or cyclic N) is 1. The molecule has 0 radical (unpaired) electrons. The number of carbonyl (C=O) groups is 1. The largest absolute Gasteiger partial charge is 0.387 e. The lowest BCUT2D eigenvalue weighted by atomic mass is 10.1. The van der Waals surface area contributed by atoms with E-state index in [1.165, 1.54) is 23.9 Å². The number of aryl methyl sites for hydroxylation is 1. The summed E-state index contributed by atoms with van der Waals surface area (Å²) in [6, 6.07) is 12.4. The van der Waals surface area contributed by atoms with Gasteiger partial charge in [-0.05, 0) is 11.6 Å². The Balaban J connectivity index is 1.55. The first-order valence-corrected chi connectivity index (χ1v) is 8.33. The number of hydrogen-bond acceptors (Lipinski definition) is 5. The number of rotatable bonds is 4. The van der Waals surface area contributed by atoms with Crippen LogP contribution >= 0.6 is 0 Å². The molecule has 1 aliphatic rings. The fourth-order valence-corrected chi connectivity index (χ4v) is 2.94. The normalized spacial score (nSPS) is 16.6. The average molecular weight is 342 g/mol. The molecule has 3 rings (SSSR count). The highest BCUT2D eigenvalue weighted by molar-refractivity contribution is 5.92. The quantitative estimate of drug-likeness (QED) is 0.863. The summed E-state index contributed by atoms with van der Waals surface area (Å²) < 4.78 is 1.17. The van der Waals surface area contributed by atoms with Crippen LogP contribution in [0.5, 0.6) is 0 Å². The van der Waals surface area contributed by atoms with Crippen LogP contribution in [0.15, 0.2) is 47.3 Å². The molecular formula is C18H22N4O3. The molecule has 2 aromatic rings. The van der Waals surface area contributed by atoms with E-state index in [-0.39, 0.29) is 17.2 Å². The average Bonchev–Trinajstić information content (AvgIpc) is 2.65. The fraction of sp³-hybridized carbons (Fsp3) is 0.389. The van der Waals surface area contributed by atoms with Gasteiger partial charge in [0.15, 0.2) is 0 Å². The first kappa shape index (κ1) is 17.3. The molecule has 1 unspecified atom stereocenters. The van der Waals surface area contributed by atoms with Crippen molar-refractivity contribution in [2.45, 2.75) is 6.10 Å². The summed E-state index contributed by atoms with van der Waals surface area (Å²) in [6.45, 7) is 3.09. The van der Waals surface area contributed by atoms with Gasteiger partial charge in [0, 0.05) is 45.8 Å². The Morgan fingerprint density at radius 2 is 1.80 bits per heavy atom. The molecule has 1 aliphatic heterocycles. The molecule has 1 N–H and O–H groups in total. The van der Waals surface area contributed by atoms with E-state index in [4.69, 9.17) is 0 Å². The van der Waals surface area contributed by atoms with E-state index < -0.39 is 6.10 Å². The van der Waals surface area contributed by atoms with E-state index in [1.54, 1.807) is 4.90 Å². The van der Waals surface area contributed by atoms with E-state index in [2.05, 4.69) is 10.00 Å². The molecule has 0 bridgehead atoms. The molecule has 1 atom stereocenters. The molecule has 1 amide bonds. The molecule has 7 nitrogen and oxygen atoms in total. The monoisotopic (exact) mass is 342 g/mol. The molecule has 1 fully saturated rings. The Kier molecular flexibility index (Phi) is 5.25. The van der Waals surface area contributed by atoms with Gasteiger partial charge in [-0.3, -0.25) is 14.5 Å². The summed E-state index contributed by atoms with van der Waals surface area (Å²) in [5, 5.41) is 14.3. The maximum absolute atomic E-state index is 12.5. The van der Waals surface area contributed by atoms with Crippen molar-refractivity contribution < 1.29 is 9.90 Å². The van der Waals surface area contributed by atoms with Gasteiger partial charge in [0.05, 0.1) is 6.10 Å². The smallest absolute Gasteiger partial charge is 0.274 e. The Morgan fingerprint density at radius 3 is 2.44 bits per heavy atom. The highest BCUT2D eigenvalue weighted by Gasteiger charge is 2.24. The van der Waals surface area contributed by atoms with Gasteiger partial charge in [-0.2, -0.15) is 5.10 Å². The summed E-state index contributed by atoms with van der Waals surface area (Å²) in [5.74, 6) is -0.168. The van der Waals surface area contributed by atoms with Crippen LogP contribution in [0.1, 0.15) is 22.2 Å². The van der Waals surface area contributed by atoms with Crippen LogP contribution in [0, 0.1) is 0 Å². The third kappa shape index (κ3) is 4.12. The predicted molar refractivity (Wildman–Crippen MR) is 93.2 cm³/mol. The number of nitrogens with zero attached hydrogens (tertiary/aromatic N) is 4. The Hall–Kier alpha value is -2.51. The summed E-state index contributed by atoms with van der Waals surface area (Å²) in [6.07, 6.45) is -0.534. The van der Waals surface area contributed by atoms with Crippen molar-refractivity contribution in [2.24, 2.45) is 7.05 Å². The van der Waals surface area contributed by atoms with E-state index >= 15 is 0 Å². The van der Waals surface area contributed by atoms with Crippen molar-refractivity contribution in [3.8, 4) is 0 Å². The number of aromatic nitrogens is 2. The molecule has 1 saturated heterocycles. The maximum Gasteiger partial charge on any atom is 0.274 e. The Labute approximate surface area is 146 Å². The number of benzene rings is 1. The van der Waals surface area contributed by atoms with Gasteiger partial charge < -0.3 is 10.0 Å². The van der Waals surface area contributed by atoms with Crippen LogP contribution in [0.3, 0.4) is 0 Å². The van der Waals surface area contributed by atoms with Crippen molar-refractivity contribution in [3.05, 3.63) is 64.1 Å². The molecule has 7 heteroatoms. The number of hydrogen-bond donors (Lipinski definition) is 1. The van der Waals surface area contributed by atoms with Crippen LogP contribution in [0.25, 0.3) is 0 Å². The van der Waals surface area contributed by atoms with Crippen molar-refractivity contribution in [2.75, 3.05) is 32.7 Å². The van der Waals surface area contributed by atoms with E-state index in [0.717, 1.165) is 5.56 Å². The van der Waals surface area contributed by atoms with Gasteiger partial charge in [-0.25, -0.2) is 4.68 Å². The second-order valence-electron chi connectivity index (χ2n) is 6.20. The molecule has 1 aromatic heterocycles. The SMILES string of the molecule is Cn1nc(C(=O)N2CCN(CC(O)c3ccccc3)CC2)ccc1=O. The zero-order valence-electron chi connectivity index (χ0n) is 14.2. The second-order valence-corrected chi connectivity index (χ2v) is 6.20. The topological polar surface area (TPSA) is 78.7 Å². The summed E-state index contributed by atoms with van der Waals surface area (Å²) in [7, 11) is 1.53. The predicted octanol–water partition coefficient (Wildman–Crippen LogP) is 0.272. The van der Waals surface area contributed by atoms with E-state index in [1.807, 2.05) is 30.3 Å². The molecule has 0 saturated carbocycles. The number of carbonyl (C=O) groups excluding carboxylic acids is 1. The molecule has 132 valence electrons. The minimum Gasteiger partial charge on any atom is -0.387 e. The van der Waals surface area contributed by atoms with E-state index in [0.29, 0.717) is 32.7 Å². The van der Waals surface area contributed by atoms with Crippen LogP contribution in [-0.4, -0.2) is 63.3 Å². The standard InChI is InChI=1S/C18H22N4O3/c1-20-17(24)8-7-15(19-20)18(25)22-11-9-21(10-12-22)13-16(23)14-5-3-2-4-6-14/h2-8,16,23H,9-13H2,1H3. The summed E-state index contributed by atoms with van der Waals surface area (Å²) in [4.78, 5) is 27.8. The molecule has 0 aliphatic carbocycles. The first-order chi connectivity index (χ1) is 12.0. The maximum atomic E-state index is 12.5. The highest BCUT2D eigenvalue weighted by Crippen LogP contribution is 2.15. The van der Waals surface area contributed by atoms with Crippen LogP contribution in [0.4, 0.5) is 0 Å². The lowest BCUT2D eigenvalue weighted by Crippen LogP contribution is -2.49. The molecule has 1 aromatic carbocycles. The minimum atomic E-state index is -0.534. The molecular weight excluding hydrogens is 320 g/mol. The third-order valence-electron chi connectivity index (χ3n) is 4.45. The van der Waals surface area contributed by atoms with Crippen LogP contribution < -0.4 is 5.56 Å². The second kappa shape index (κ2) is 7.58. The zero-order valence-corrected chi connectivity index (χ0v) is 14.2. The van der Waals surface area contributed by atoms with Gasteiger partial charge in [0.2, 0.25) is 0 Å². The van der Waals surface area contributed by atoms with Crippen molar-refractivity contribution in [1.82, 2.24) is 19.6 Å². The highest BCUT2D eigenvalue weighted by atomic mass is 16.3. The van der Waals surface area contributed by atoms with Gasteiger partial charge >= 0.3 is 0 Å². The lowest BCUT2D eigenvalue weighted by Gasteiger charge is -2.35. The van der Waals surface area contributed by atoms with Gasteiger partial charge in [0.1, 0.15) is 5.69 Å². The zero-order chi connectivity index (χ0) is 17.8. The van der Waals surface area contributed by atoms with E-state index in [9.17, 15) is 14.7 Å². The van der Waals surface area contributed by atoms with Gasteiger partial charge in [-0.15, -0.1) is 0 Å². The van der Waals surface area contributed by atoms with Gasteiger partial charge in [-0.1, -0.05) is 30.3 Å². The number of amides is 1. The summed E-state index contributed by atoms with van der Waals surface area (Å²) >= 11 is 0. The number of aliphatic hydroxyl groups excluding tert-OH is 1. The van der Waals surface area contributed by atoms with Crippen molar-refractivity contribution in [1.29, 1.82) is 0 Å². The number of aliphatic hydroxyl groups is 1. The Morgan fingerprint density at radius 1 is 1.12 bits per heavy atom. The molecule has 0 spiro atoms. The van der Waals surface area contributed by atoms with Crippen LogP contribution in [-0.2, 0) is 7.05 Å². The first-order valence-electron chi connectivity index (χ1n) is 8.33. The fourth-order valence-electron chi connectivity index (χ4n) is 2.94. The van der Waals surface area contributed by atoms with Gasteiger partial charge in [0.25, 0.3) is 11.5 Å². The number of piperazine rings is 1. The Bertz CT molecular complexity index is 782. The van der Waals surface area contributed by atoms with Crippen molar-refractivity contribution >= 4 is 5.91 Å². The third-order valence-corrected chi connectivity index (χ3v) is 4.45. The van der Waals surface area contributed by atoms with Crippen LogP contribution in [0.2, 0.25) is 0 Å². The molecule has 25 heavy (non-hydrogen) atoms.